The van der Waals surface area contributed by atoms with Crippen LogP contribution in [0, 0.1) is 5.41 Å². The summed E-state index contributed by atoms with van der Waals surface area (Å²) in [7, 11) is 1.61. The number of rotatable bonds is 3. The van der Waals surface area contributed by atoms with E-state index in [1.807, 2.05) is 42.5 Å². The van der Waals surface area contributed by atoms with Gasteiger partial charge >= 0.3 is 0 Å². The van der Waals surface area contributed by atoms with Crippen LogP contribution >= 0.6 is 11.6 Å². The van der Waals surface area contributed by atoms with Crippen LogP contribution in [0.4, 0.5) is 5.69 Å². The number of benzene rings is 2. The molecule has 1 aliphatic heterocycles. The van der Waals surface area contributed by atoms with Gasteiger partial charge in [0.15, 0.2) is 5.78 Å². The van der Waals surface area contributed by atoms with Crippen LogP contribution in [-0.4, -0.2) is 18.8 Å². The molecule has 0 fully saturated rings. The molecule has 5 heteroatoms. The summed E-state index contributed by atoms with van der Waals surface area (Å²) >= 11 is 6.44. The van der Waals surface area contributed by atoms with E-state index in [4.69, 9.17) is 16.3 Å². The van der Waals surface area contributed by atoms with Crippen molar-refractivity contribution in [3.63, 3.8) is 0 Å². The van der Waals surface area contributed by atoms with Gasteiger partial charge in [-0.15, -0.1) is 0 Å². The zero-order valence-electron chi connectivity index (χ0n) is 16.9. The average molecular weight is 410 g/mol. The zero-order chi connectivity index (χ0) is 20.8. The summed E-state index contributed by atoms with van der Waals surface area (Å²) in [6.45, 7) is 4.14. The zero-order valence-corrected chi connectivity index (χ0v) is 17.6. The van der Waals surface area contributed by atoms with Gasteiger partial charge in [0.2, 0.25) is 5.91 Å². The summed E-state index contributed by atoms with van der Waals surface area (Å²) in [4.78, 5) is 28.3. The maximum Gasteiger partial charge on any atom is 0.232 e. The lowest BCUT2D eigenvalue weighted by molar-refractivity contribution is -0.121. The predicted molar refractivity (Wildman–Crippen MR) is 114 cm³/mol. The smallest absolute Gasteiger partial charge is 0.232 e. The van der Waals surface area contributed by atoms with Gasteiger partial charge in [0.05, 0.1) is 17.8 Å². The van der Waals surface area contributed by atoms with Gasteiger partial charge < -0.3 is 4.74 Å². The normalized spacial score (nSPS) is 21.2. The van der Waals surface area contributed by atoms with E-state index >= 15 is 0 Å². The molecule has 0 aromatic heterocycles. The Morgan fingerprint density at radius 2 is 1.83 bits per heavy atom. The molecule has 1 atom stereocenters. The van der Waals surface area contributed by atoms with Crippen LogP contribution in [0.5, 0.6) is 5.75 Å². The molecule has 2 aliphatic rings. The largest absolute Gasteiger partial charge is 0.497 e. The number of nitrogens with zero attached hydrogens (tertiary/aromatic N) is 1. The first-order chi connectivity index (χ1) is 13.8. The quantitative estimate of drug-likeness (QED) is 0.671. The summed E-state index contributed by atoms with van der Waals surface area (Å²) < 4.78 is 5.36. The Balaban J connectivity index is 1.91. The molecule has 0 radical (unpaired) electrons. The van der Waals surface area contributed by atoms with Crippen molar-refractivity contribution in [3.05, 3.63) is 70.4 Å². The number of ketones is 1. The van der Waals surface area contributed by atoms with Crippen LogP contribution in [0.2, 0.25) is 5.02 Å². The van der Waals surface area contributed by atoms with Crippen molar-refractivity contribution < 1.29 is 14.3 Å². The lowest BCUT2D eigenvalue weighted by Gasteiger charge is -2.43. The van der Waals surface area contributed by atoms with E-state index in [9.17, 15) is 9.59 Å². The number of amides is 1. The van der Waals surface area contributed by atoms with Crippen LogP contribution < -0.4 is 9.64 Å². The average Bonchev–Trinajstić information content (AvgIpc) is 2.67. The Morgan fingerprint density at radius 1 is 1.07 bits per heavy atom. The molecule has 0 saturated carbocycles. The van der Waals surface area contributed by atoms with Crippen molar-refractivity contribution in [3.8, 4) is 5.75 Å². The first-order valence-electron chi connectivity index (χ1n) is 9.78. The Bertz CT molecular complexity index is 1020. The van der Waals surface area contributed by atoms with E-state index in [1.54, 1.807) is 18.1 Å². The molecular weight excluding hydrogens is 386 g/mol. The van der Waals surface area contributed by atoms with Gasteiger partial charge in [0, 0.05) is 30.0 Å². The van der Waals surface area contributed by atoms with E-state index < -0.39 is 0 Å². The predicted octanol–water partition coefficient (Wildman–Crippen LogP) is 5.51. The minimum atomic E-state index is -0.269. The first kappa shape index (κ1) is 19.7. The maximum absolute atomic E-state index is 13.3. The van der Waals surface area contributed by atoms with E-state index in [-0.39, 0.29) is 29.4 Å². The minimum absolute atomic E-state index is 0.0461. The molecule has 150 valence electrons. The highest BCUT2D eigenvalue weighted by atomic mass is 35.5. The van der Waals surface area contributed by atoms with E-state index in [0.717, 1.165) is 16.8 Å². The van der Waals surface area contributed by atoms with Gasteiger partial charge in [0.25, 0.3) is 0 Å². The van der Waals surface area contributed by atoms with Crippen molar-refractivity contribution in [1.29, 1.82) is 0 Å². The fraction of sp³-hybridized carbons (Fsp3) is 0.333. The van der Waals surface area contributed by atoms with Crippen molar-refractivity contribution in [2.24, 2.45) is 5.41 Å². The number of hydrogen-bond acceptors (Lipinski definition) is 3. The molecule has 4 rings (SSSR count). The number of Topliss-reactive ketones (excluding diaryl/α,β-unsaturated/α-hetero) is 1. The molecule has 0 N–H and O–H groups in total. The van der Waals surface area contributed by atoms with Crippen LogP contribution in [-0.2, 0) is 9.59 Å². The van der Waals surface area contributed by atoms with Crippen LogP contribution in [0.3, 0.4) is 0 Å². The lowest BCUT2D eigenvalue weighted by atomic mass is 9.69. The number of hydrogen-bond donors (Lipinski definition) is 0. The third kappa shape index (κ3) is 3.58. The molecule has 0 bridgehead atoms. The van der Waals surface area contributed by atoms with Gasteiger partial charge in [-0.05, 0) is 41.7 Å². The van der Waals surface area contributed by atoms with Gasteiger partial charge in [0.1, 0.15) is 5.75 Å². The van der Waals surface area contributed by atoms with E-state index in [1.165, 1.54) is 0 Å². The molecular formula is C24H24ClNO3. The fourth-order valence-electron chi connectivity index (χ4n) is 4.47. The van der Waals surface area contributed by atoms with Crippen molar-refractivity contribution in [1.82, 2.24) is 0 Å². The highest BCUT2D eigenvalue weighted by Gasteiger charge is 2.44. The number of anilines is 1. The highest BCUT2D eigenvalue weighted by molar-refractivity contribution is 6.34. The minimum Gasteiger partial charge on any atom is -0.497 e. The number of allylic oxidation sites excluding steroid dienone is 2. The number of para-hydroxylation sites is 1. The Hall–Kier alpha value is -2.59. The fourth-order valence-corrected chi connectivity index (χ4v) is 4.69. The Labute approximate surface area is 176 Å². The molecule has 29 heavy (non-hydrogen) atoms. The molecule has 1 amide bonds. The second-order valence-electron chi connectivity index (χ2n) is 8.52. The number of halogens is 1. The van der Waals surface area contributed by atoms with Crippen LogP contribution in [0.25, 0.3) is 0 Å². The summed E-state index contributed by atoms with van der Waals surface area (Å²) in [6.07, 6.45) is 1.34. The molecule has 2 aromatic rings. The van der Waals surface area contributed by atoms with Gasteiger partial charge in [-0.1, -0.05) is 49.7 Å². The highest BCUT2D eigenvalue weighted by Crippen LogP contribution is 2.49. The third-order valence-electron chi connectivity index (χ3n) is 5.73. The van der Waals surface area contributed by atoms with E-state index in [2.05, 4.69) is 13.8 Å². The number of ether oxygens (including phenoxy) is 1. The third-order valence-corrected chi connectivity index (χ3v) is 6.05. The standard InChI is InChI=1S/C24H24ClNO3/c1-24(2)13-20-23(21(27)14-24)17(15-7-6-8-16(11-15)29-3)12-22(28)26(20)19-10-5-4-9-18(19)25/h4-11,17H,12-14H2,1-3H3. The second-order valence-corrected chi connectivity index (χ2v) is 8.92. The van der Waals surface area contributed by atoms with Gasteiger partial charge in [-0.25, -0.2) is 0 Å². The molecule has 2 aromatic carbocycles. The Kier molecular flexibility index (Phi) is 4.99. The molecule has 1 unspecified atom stereocenters. The van der Waals surface area contributed by atoms with Crippen LogP contribution in [0.1, 0.15) is 44.6 Å². The van der Waals surface area contributed by atoms with Gasteiger partial charge in [-0.2, -0.15) is 0 Å². The summed E-state index contributed by atoms with van der Waals surface area (Å²) in [6, 6.07) is 15.0. The number of carbonyl (C=O) groups is 2. The van der Waals surface area contributed by atoms with Crippen LogP contribution in [0.15, 0.2) is 59.8 Å². The maximum atomic E-state index is 13.3. The SMILES string of the molecule is COc1cccc(C2CC(=O)N(c3ccccc3Cl)C3=C2C(=O)CC(C)(C)C3)c1. The molecule has 0 spiro atoms. The molecule has 4 nitrogen and oxygen atoms in total. The Morgan fingerprint density at radius 3 is 2.55 bits per heavy atom. The topological polar surface area (TPSA) is 46.6 Å². The van der Waals surface area contributed by atoms with Crippen molar-refractivity contribution in [2.75, 3.05) is 12.0 Å². The number of methoxy groups -OCH3 is 1. The van der Waals surface area contributed by atoms with E-state index in [0.29, 0.717) is 29.3 Å². The molecule has 0 saturated heterocycles. The summed E-state index contributed by atoms with van der Waals surface area (Å²) in [5.41, 5.74) is 2.87. The monoisotopic (exact) mass is 409 g/mol. The number of carbonyl (C=O) groups excluding carboxylic acids is 2. The van der Waals surface area contributed by atoms with Crippen molar-refractivity contribution in [2.45, 2.75) is 39.0 Å². The molecule has 1 heterocycles. The van der Waals surface area contributed by atoms with Crippen molar-refractivity contribution >= 4 is 29.0 Å². The first-order valence-corrected chi connectivity index (χ1v) is 10.2. The summed E-state index contributed by atoms with van der Waals surface area (Å²) in [5, 5.41) is 0.503. The summed E-state index contributed by atoms with van der Waals surface area (Å²) in [5.74, 6) is 0.507. The van der Waals surface area contributed by atoms with Gasteiger partial charge in [-0.3, -0.25) is 14.5 Å². The second kappa shape index (κ2) is 7.34. The lowest BCUT2D eigenvalue weighted by Crippen LogP contribution is -2.43. The molecule has 1 aliphatic carbocycles.